The molecule has 6 rings (SSSR count). The van der Waals surface area contributed by atoms with Gasteiger partial charge in [0.05, 0.1) is 0 Å². The lowest BCUT2D eigenvalue weighted by Crippen LogP contribution is -2.12. The molecule has 0 unspecified atom stereocenters. The summed E-state index contributed by atoms with van der Waals surface area (Å²) in [5.74, 6) is 0. The standard InChI is InChI=1S/C34H28/c1-34(2,3)30-20-12-18-26-22-28-29(32(33(26)30)24-15-8-5-9-16-24)21-25-17-10-11-19-27(25)31(28)23-13-6-4-7-14-23/h4-22H,1-3H3. The van der Waals surface area contributed by atoms with Crippen LogP contribution in [-0.2, 0) is 5.41 Å². The highest BCUT2D eigenvalue weighted by Crippen LogP contribution is 2.46. The van der Waals surface area contributed by atoms with Gasteiger partial charge in [0.1, 0.15) is 0 Å². The van der Waals surface area contributed by atoms with Gasteiger partial charge in [0, 0.05) is 0 Å². The van der Waals surface area contributed by atoms with E-state index in [1.54, 1.807) is 0 Å². The Morgan fingerprint density at radius 1 is 0.441 bits per heavy atom. The molecule has 0 amide bonds. The maximum atomic E-state index is 2.42. The Morgan fingerprint density at radius 2 is 0.971 bits per heavy atom. The average Bonchev–Trinajstić information content (AvgIpc) is 2.86. The molecule has 0 bridgehead atoms. The second kappa shape index (κ2) is 7.85. The van der Waals surface area contributed by atoms with Crippen molar-refractivity contribution in [3.05, 3.63) is 121 Å². The molecule has 0 heteroatoms. The van der Waals surface area contributed by atoms with Crippen molar-refractivity contribution in [3.63, 3.8) is 0 Å². The average molecular weight is 437 g/mol. The molecular formula is C34H28. The zero-order valence-corrected chi connectivity index (χ0v) is 20.0. The SMILES string of the molecule is CC(C)(C)c1cccc2cc3c(-c4ccccc4)c4ccccc4cc3c(-c3ccccc3)c12. The van der Waals surface area contributed by atoms with Crippen LogP contribution in [0, 0.1) is 0 Å². The molecule has 0 aromatic heterocycles. The van der Waals surface area contributed by atoms with Crippen LogP contribution in [-0.4, -0.2) is 0 Å². The molecule has 6 aromatic rings. The van der Waals surface area contributed by atoms with Crippen LogP contribution in [0.25, 0.3) is 54.6 Å². The van der Waals surface area contributed by atoms with E-state index < -0.39 is 0 Å². The molecule has 0 nitrogen and oxygen atoms in total. The van der Waals surface area contributed by atoms with Crippen LogP contribution in [0.5, 0.6) is 0 Å². The highest BCUT2D eigenvalue weighted by Gasteiger charge is 2.22. The molecule has 0 radical (unpaired) electrons. The minimum absolute atomic E-state index is 0.0375. The monoisotopic (exact) mass is 436 g/mol. The fourth-order valence-electron chi connectivity index (χ4n) is 5.43. The van der Waals surface area contributed by atoms with Gasteiger partial charge in [0.25, 0.3) is 0 Å². The van der Waals surface area contributed by atoms with Crippen molar-refractivity contribution in [3.8, 4) is 22.3 Å². The van der Waals surface area contributed by atoms with Gasteiger partial charge in [-0.15, -0.1) is 0 Å². The van der Waals surface area contributed by atoms with Crippen molar-refractivity contribution in [2.45, 2.75) is 26.2 Å². The summed E-state index contributed by atoms with van der Waals surface area (Å²) in [6, 6.07) is 42.2. The van der Waals surface area contributed by atoms with Gasteiger partial charge in [-0.25, -0.2) is 0 Å². The van der Waals surface area contributed by atoms with Gasteiger partial charge in [-0.05, 0) is 77.7 Å². The van der Waals surface area contributed by atoms with Gasteiger partial charge in [-0.3, -0.25) is 0 Å². The predicted octanol–water partition coefficient (Wildman–Crippen LogP) is 9.78. The Kier molecular flexibility index (Phi) is 4.78. The Labute approximate surface area is 201 Å². The van der Waals surface area contributed by atoms with E-state index in [9.17, 15) is 0 Å². The minimum atomic E-state index is 0.0375. The number of benzene rings is 6. The second-order valence-electron chi connectivity index (χ2n) is 10.2. The molecule has 0 N–H and O–H groups in total. The van der Waals surface area contributed by atoms with Crippen molar-refractivity contribution in [2.24, 2.45) is 0 Å². The summed E-state index contributed by atoms with van der Waals surface area (Å²) in [4.78, 5) is 0. The summed E-state index contributed by atoms with van der Waals surface area (Å²) in [7, 11) is 0. The molecule has 0 aliphatic rings. The van der Waals surface area contributed by atoms with Crippen molar-refractivity contribution in [2.75, 3.05) is 0 Å². The maximum absolute atomic E-state index is 2.42. The second-order valence-corrected chi connectivity index (χ2v) is 10.2. The third-order valence-corrected chi connectivity index (χ3v) is 6.94. The summed E-state index contributed by atoms with van der Waals surface area (Å²) in [6.45, 7) is 6.95. The molecule has 6 aromatic carbocycles. The van der Waals surface area contributed by atoms with E-state index in [1.807, 2.05) is 0 Å². The molecule has 0 heterocycles. The zero-order chi connectivity index (χ0) is 23.3. The highest BCUT2D eigenvalue weighted by molar-refractivity contribution is 6.22. The third kappa shape index (κ3) is 3.30. The van der Waals surface area contributed by atoms with Gasteiger partial charge >= 0.3 is 0 Å². The number of hydrogen-bond donors (Lipinski definition) is 0. The van der Waals surface area contributed by atoms with E-state index in [1.165, 1.54) is 60.1 Å². The fourth-order valence-corrected chi connectivity index (χ4v) is 5.43. The lowest BCUT2D eigenvalue weighted by Gasteiger charge is -2.25. The fraction of sp³-hybridized carbons (Fsp3) is 0.118. The van der Waals surface area contributed by atoms with Crippen LogP contribution < -0.4 is 0 Å². The summed E-state index contributed by atoms with van der Waals surface area (Å²) in [5, 5.41) is 7.86. The number of fused-ring (bicyclic) bond motifs is 3. The quantitative estimate of drug-likeness (QED) is 0.237. The van der Waals surface area contributed by atoms with Crippen LogP contribution in [0.15, 0.2) is 115 Å². The molecule has 0 saturated heterocycles. The first-order valence-corrected chi connectivity index (χ1v) is 12.0. The summed E-state index contributed by atoms with van der Waals surface area (Å²) < 4.78 is 0. The van der Waals surface area contributed by atoms with Gasteiger partial charge in [0.15, 0.2) is 0 Å². The Balaban J connectivity index is 1.91. The van der Waals surface area contributed by atoms with Crippen molar-refractivity contribution >= 4 is 32.3 Å². The maximum Gasteiger partial charge on any atom is -0.00234 e. The minimum Gasteiger partial charge on any atom is -0.0622 e. The van der Waals surface area contributed by atoms with Gasteiger partial charge in [-0.1, -0.05) is 124 Å². The topological polar surface area (TPSA) is 0 Å². The lowest BCUT2D eigenvalue weighted by molar-refractivity contribution is 0.596. The molecule has 0 aliphatic heterocycles. The molecule has 164 valence electrons. The van der Waals surface area contributed by atoms with Crippen LogP contribution >= 0.6 is 0 Å². The zero-order valence-electron chi connectivity index (χ0n) is 20.0. The largest absolute Gasteiger partial charge is 0.0622 e. The molecule has 0 fully saturated rings. The van der Waals surface area contributed by atoms with Gasteiger partial charge < -0.3 is 0 Å². The first-order valence-electron chi connectivity index (χ1n) is 12.0. The van der Waals surface area contributed by atoms with Crippen molar-refractivity contribution in [1.29, 1.82) is 0 Å². The normalized spacial score (nSPS) is 12.0. The van der Waals surface area contributed by atoms with Crippen LogP contribution in [0.3, 0.4) is 0 Å². The van der Waals surface area contributed by atoms with Crippen molar-refractivity contribution in [1.82, 2.24) is 0 Å². The van der Waals surface area contributed by atoms with Gasteiger partial charge in [-0.2, -0.15) is 0 Å². The van der Waals surface area contributed by atoms with E-state index >= 15 is 0 Å². The third-order valence-electron chi connectivity index (χ3n) is 6.94. The van der Waals surface area contributed by atoms with E-state index in [0.717, 1.165) is 0 Å². The molecule has 0 spiro atoms. The predicted molar refractivity (Wildman–Crippen MR) is 149 cm³/mol. The Morgan fingerprint density at radius 3 is 1.65 bits per heavy atom. The number of rotatable bonds is 2. The van der Waals surface area contributed by atoms with Crippen molar-refractivity contribution < 1.29 is 0 Å². The van der Waals surface area contributed by atoms with E-state index in [0.29, 0.717) is 0 Å². The summed E-state index contributed by atoms with van der Waals surface area (Å²) in [5.41, 5.74) is 6.60. The summed E-state index contributed by atoms with van der Waals surface area (Å²) >= 11 is 0. The van der Waals surface area contributed by atoms with E-state index in [2.05, 4.69) is 136 Å². The molecule has 0 aliphatic carbocycles. The lowest BCUT2D eigenvalue weighted by atomic mass is 9.79. The van der Waals surface area contributed by atoms with Crippen LogP contribution in [0.4, 0.5) is 0 Å². The molecule has 0 saturated carbocycles. The van der Waals surface area contributed by atoms with E-state index in [-0.39, 0.29) is 5.41 Å². The molecule has 0 atom stereocenters. The first kappa shape index (κ1) is 20.7. The Bertz CT molecular complexity index is 1650. The first-order chi connectivity index (χ1) is 16.5. The van der Waals surface area contributed by atoms with Gasteiger partial charge in [0.2, 0.25) is 0 Å². The molecular weight excluding hydrogens is 408 g/mol. The van der Waals surface area contributed by atoms with Crippen LogP contribution in [0.2, 0.25) is 0 Å². The smallest absolute Gasteiger partial charge is 0.00234 e. The van der Waals surface area contributed by atoms with E-state index in [4.69, 9.17) is 0 Å². The summed E-state index contributed by atoms with van der Waals surface area (Å²) in [6.07, 6.45) is 0. The Hall–Kier alpha value is -3.90. The van der Waals surface area contributed by atoms with Crippen LogP contribution in [0.1, 0.15) is 26.3 Å². The highest BCUT2D eigenvalue weighted by atomic mass is 14.3. The molecule has 34 heavy (non-hydrogen) atoms. The number of hydrogen-bond acceptors (Lipinski definition) is 0.